The van der Waals surface area contributed by atoms with E-state index in [9.17, 15) is 14.7 Å². The Morgan fingerprint density at radius 3 is 2.33 bits per heavy atom. The van der Waals surface area contributed by atoms with Gasteiger partial charge in [-0.2, -0.15) is 9.67 Å². The highest BCUT2D eigenvalue weighted by molar-refractivity contribution is 6.45. The van der Waals surface area contributed by atoms with Crippen LogP contribution >= 0.6 is 0 Å². The van der Waals surface area contributed by atoms with Gasteiger partial charge in [0.05, 0.1) is 11.4 Å². The van der Waals surface area contributed by atoms with Gasteiger partial charge >= 0.3 is 5.91 Å². The number of aryl methyl sites for hydroxylation is 4. The van der Waals surface area contributed by atoms with Crippen LogP contribution in [0.2, 0.25) is 0 Å². The van der Waals surface area contributed by atoms with Crippen LogP contribution in [0.5, 0.6) is 5.88 Å². The molecule has 2 aliphatic rings. The quantitative estimate of drug-likeness (QED) is 0.408. The first-order valence-electron chi connectivity index (χ1n) is 12.8. The van der Waals surface area contributed by atoms with Crippen molar-refractivity contribution in [1.29, 1.82) is 0 Å². The number of amides is 2. The molecule has 0 saturated heterocycles. The molecule has 3 aromatic rings. The number of carbonyl (C=O) groups is 2. The summed E-state index contributed by atoms with van der Waals surface area (Å²) in [7, 11) is 0. The lowest BCUT2D eigenvalue weighted by molar-refractivity contribution is -0.577. The van der Waals surface area contributed by atoms with Crippen LogP contribution in [0.25, 0.3) is 17.0 Å². The minimum absolute atomic E-state index is 0.147. The number of hydrogen-bond donors (Lipinski definition) is 0. The van der Waals surface area contributed by atoms with E-state index in [1.54, 1.807) is 23.9 Å². The molecule has 2 aromatic heterocycles. The van der Waals surface area contributed by atoms with Crippen LogP contribution in [0.4, 0.5) is 0 Å². The van der Waals surface area contributed by atoms with Crippen LogP contribution in [0.15, 0.2) is 42.7 Å². The van der Waals surface area contributed by atoms with Gasteiger partial charge in [-0.3, -0.25) is 14.5 Å². The first-order valence-corrected chi connectivity index (χ1v) is 12.8. The maximum Gasteiger partial charge on any atom is 0.327 e. The maximum atomic E-state index is 13.9. The molecule has 1 aromatic carbocycles. The molecule has 0 N–H and O–H groups in total. The zero-order valence-electron chi connectivity index (χ0n) is 21.4. The largest absolute Gasteiger partial charge is 0.858 e. The molecule has 5 rings (SSSR count). The van der Waals surface area contributed by atoms with E-state index in [2.05, 4.69) is 12.0 Å². The Hall–Kier alpha value is -3.74. The fraction of sp³-hybridized carbons (Fsp3) is 0.379. The first kappa shape index (κ1) is 24.0. The normalized spacial score (nSPS) is 16.9. The minimum Gasteiger partial charge on any atom is -0.858 e. The molecule has 0 atom stereocenters. The highest BCUT2D eigenvalue weighted by Crippen LogP contribution is 2.39. The van der Waals surface area contributed by atoms with E-state index >= 15 is 0 Å². The number of rotatable bonds is 5. The van der Waals surface area contributed by atoms with Crippen molar-refractivity contribution in [3.63, 3.8) is 0 Å². The third-order valence-electron chi connectivity index (χ3n) is 7.44. The predicted octanol–water partition coefficient (Wildman–Crippen LogP) is 3.79. The topological polar surface area (TPSA) is 82.1 Å². The fourth-order valence-corrected chi connectivity index (χ4v) is 5.51. The van der Waals surface area contributed by atoms with Gasteiger partial charge in [0.25, 0.3) is 11.6 Å². The van der Waals surface area contributed by atoms with Crippen LogP contribution in [0.3, 0.4) is 0 Å². The third kappa shape index (κ3) is 3.92. The highest BCUT2D eigenvalue weighted by atomic mass is 16.3. The predicted molar refractivity (Wildman–Crippen MR) is 135 cm³/mol. The molecule has 1 saturated carbocycles. The average molecular weight is 485 g/mol. The van der Waals surface area contributed by atoms with Gasteiger partial charge in [-0.05, 0) is 63.1 Å². The van der Waals surface area contributed by atoms with Gasteiger partial charge in [0.15, 0.2) is 12.4 Å². The van der Waals surface area contributed by atoms with E-state index in [0.29, 0.717) is 11.4 Å². The number of benzene rings is 1. The molecule has 1 aliphatic carbocycles. The van der Waals surface area contributed by atoms with E-state index < -0.39 is 5.91 Å². The number of aromatic nitrogens is 3. The first-order chi connectivity index (χ1) is 17.3. The molecule has 1 fully saturated rings. The summed E-state index contributed by atoms with van der Waals surface area (Å²) in [5, 5.41) is 18.3. The number of imide groups is 1. The number of pyridine rings is 1. The molecule has 36 heavy (non-hydrogen) atoms. The van der Waals surface area contributed by atoms with Crippen molar-refractivity contribution < 1.29 is 19.3 Å². The third-order valence-corrected chi connectivity index (χ3v) is 7.44. The van der Waals surface area contributed by atoms with Crippen LogP contribution in [0.1, 0.15) is 67.0 Å². The molecule has 186 valence electrons. The Bertz CT molecular complexity index is 1380. The van der Waals surface area contributed by atoms with Gasteiger partial charge in [0.2, 0.25) is 0 Å². The van der Waals surface area contributed by atoms with Crippen molar-refractivity contribution >= 4 is 23.1 Å². The van der Waals surface area contributed by atoms with Gasteiger partial charge in [0.1, 0.15) is 5.57 Å². The maximum absolute atomic E-state index is 13.9. The second-order valence-electron chi connectivity index (χ2n) is 9.93. The Morgan fingerprint density at radius 1 is 1.00 bits per heavy atom. The summed E-state index contributed by atoms with van der Waals surface area (Å²) in [6.45, 7) is 7.72. The molecule has 0 bridgehead atoms. The average Bonchev–Trinajstić information content (AvgIpc) is 3.30. The van der Waals surface area contributed by atoms with Crippen molar-refractivity contribution in [3.05, 3.63) is 70.7 Å². The van der Waals surface area contributed by atoms with Gasteiger partial charge < -0.3 is 5.11 Å². The van der Waals surface area contributed by atoms with Crippen molar-refractivity contribution in [3.8, 4) is 11.6 Å². The second-order valence-corrected chi connectivity index (χ2v) is 9.93. The lowest BCUT2D eigenvalue weighted by Gasteiger charge is -2.29. The SMILES string of the molecule is CCc1cc[n+](C2=C(c3c(C)nn(-c4ccc(C)cc4C)c3[O-])C(=O)N(C3CCCCC3)C2=O)cc1. The molecule has 7 nitrogen and oxygen atoms in total. The molecule has 0 radical (unpaired) electrons. The summed E-state index contributed by atoms with van der Waals surface area (Å²) in [6, 6.07) is 9.53. The molecule has 3 heterocycles. The van der Waals surface area contributed by atoms with Crippen LogP contribution < -0.4 is 9.67 Å². The Kier molecular flexibility index (Phi) is 6.24. The Morgan fingerprint density at radius 2 is 1.69 bits per heavy atom. The van der Waals surface area contributed by atoms with Crippen molar-refractivity contribution in [2.75, 3.05) is 0 Å². The summed E-state index contributed by atoms with van der Waals surface area (Å²) in [4.78, 5) is 29.2. The van der Waals surface area contributed by atoms with Gasteiger partial charge in [-0.1, -0.05) is 43.9 Å². The van der Waals surface area contributed by atoms with E-state index in [4.69, 9.17) is 0 Å². The lowest BCUT2D eigenvalue weighted by Crippen LogP contribution is -2.45. The molecule has 0 spiro atoms. The summed E-state index contributed by atoms with van der Waals surface area (Å²) in [5.41, 5.74) is 4.81. The molecule has 7 heteroatoms. The minimum atomic E-state index is -0.394. The Balaban J connectivity index is 1.70. The zero-order chi connectivity index (χ0) is 25.6. The van der Waals surface area contributed by atoms with Crippen LogP contribution in [0, 0.1) is 20.8 Å². The van der Waals surface area contributed by atoms with E-state index in [1.807, 2.05) is 44.2 Å². The summed E-state index contributed by atoms with van der Waals surface area (Å²) in [6.07, 6.45) is 9.14. The van der Waals surface area contributed by atoms with Crippen LogP contribution in [-0.2, 0) is 16.0 Å². The highest BCUT2D eigenvalue weighted by Gasteiger charge is 2.49. The zero-order valence-corrected chi connectivity index (χ0v) is 21.4. The monoisotopic (exact) mass is 484 g/mol. The number of hydrogen-bond acceptors (Lipinski definition) is 4. The van der Waals surface area contributed by atoms with Crippen LogP contribution in [-0.4, -0.2) is 32.5 Å². The van der Waals surface area contributed by atoms with Crippen molar-refractivity contribution in [2.45, 2.75) is 72.3 Å². The number of nitrogens with zero attached hydrogens (tertiary/aromatic N) is 4. The lowest BCUT2D eigenvalue weighted by atomic mass is 9.94. The molecule has 1 aliphatic heterocycles. The molecule has 2 amide bonds. The Labute approximate surface area is 211 Å². The van der Waals surface area contributed by atoms with Gasteiger partial charge in [-0.15, -0.1) is 0 Å². The summed E-state index contributed by atoms with van der Waals surface area (Å²) in [5.74, 6) is -1.12. The fourth-order valence-electron chi connectivity index (χ4n) is 5.51. The molecule has 0 unspecified atom stereocenters. The smallest absolute Gasteiger partial charge is 0.327 e. The van der Waals surface area contributed by atoms with Crippen molar-refractivity contribution in [2.24, 2.45) is 0 Å². The van der Waals surface area contributed by atoms with Gasteiger partial charge in [0, 0.05) is 23.7 Å². The second kappa shape index (κ2) is 9.37. The summed E-state index contributed by atoms with van der Waals surface area (Å²) < 4.78 is 3.04. The van der Waals surface area contributed by atoms with Crippen molar-refractivity contribution in [1.82, 2.24) is 14.7 Å². The molecular formula is C29H32N4O3. The van der Waals surface area contributed by atoms with E-state index in [0.717, 1.165) is 55.2 Å². The number of carbonyl (C=O) groups excluding carboxylic acids is 2. The van der Waals surface area contributed by atoms with Gasteiger partial charge in [-0.25, -0.2) is 4.68 Å². The van der Waals surface area contributed by atoms with E-state index in [1.165, 1.54) is 9.58 Å². The summed E-state index contributed by atoms with van der Waals surface area (Å²) >= 11 is 0. The molecular weight excluding hydrogens is 452 g/mol. The standard InChI is InChI=1S/C29H32N4O3/c1-5-21-13-15-31(16-14-21)26-25(27(34)32(29(26)36)22-9-7-6-8-10-22)24-20(4)30-33(28(24)35)23-12-11-18(2)17-19(23)3/h11-17,22H,5-10H2,1-4H3. The van der Waals surface area contributed by atoms with E-state index in [-0.39, 0.29) is 34.7 Å².